The molecule has 1 aliphatic rings. The van der Waals surface area contributed by atoms with Gasteiger partial charge < -0.3 is 9.47 Å². The second kappa shape index (κ2) is 10.6. The van der Waals surface area contributed by atoms with Gasteiger partial charge in [-0.15, -0.1) is 0 Å². The van der Waals surface area contributed by atoms with Crippen LogP contribution in [0.4, 0.5) is 17.1 Å². The van der Waals surface area contributed by atoms with Gasteiger partial charge in [-0.2, -0.15) is 0 Å². The molecular formula is C46H30N2. The summed E-state index contributed by atoms with van der Waals surface area (Å²) in [6.45, 7) is 0. The number of benzene rings is 8. The fraction of sp³-hybridized carbons (Fsp3) is 0. The third-order valence-corrected chi connectivity index (χ3v) is 9.91. The summed E-state index contributed by atoms with van der Waals surface area (Å²) in [5.74, 6) is 0. The van der Waals surface area contributed by atoms with E-state index < -0.39 is 0 Å². The summed E-state index contributed by atoms with van der Waals surface area (Å²) in [5, 5.41) is 5.15. The molecule has 48 heavy (non-hydrogen) atoms. The van der Waals surface area contributed by atoms with Crippen LogP contribution in [0.15, 0.2) is 182 Å². The Morgan fingerprint density at radius 2 is 0.896 bits per heavy atom. The van der Waals surface area contributed by atoms with Gasteiger partial charge in [-0.25, -0.2) is 0 Å². The lowest BCUT2D eigenvalue weighted by atomic mass is 9.90. The van der Waals surface area contributed by atoms with Gasteiger partial charge in [0.1, 0.15) is 0 Å². The van der Waals surface area contributed by atoms with Crippen LogP contribution in [0.2, 0.25) is 0 Å². The highest BCUT2D eigenvalue weighted by Crippen LogP contribution is 2.51. The fourth-order valence-electron chi connectivity index (χ4n) is 7.92. The zero-order valence-corrected chi connectivity index (χ0v) is 26.2. The number of anilines is 3. The van der Waals surface area contributed by atoms with Crippen molar-refractivity contribution in [2.24, 2.45) is 0 Å². The number of nitrogens with zero attached hydrogens (tertiary/aromatic N) is 2. The summed E-state index contributed by atoms with van der Waals surface area (Å²) in [6, 6.07) is 66.1. The Balaban J connectivity index is 1.22. The predicted octanol–water partition coefficient (Wildman–Crippen LogP) is 12.7. The van der Waals surface area contributed by atoms with E-state index in [1.807, 2.05) is 0 Å². The summed E-state index contributed by atoms with van der Waals surface area (Å²) in [5.41, 5.74) is 14.7. The molecule has 0 radical (unpaired) electrons. The van der Waals surface area contributed by atoms with Gasteiger partial charge in [0, 0.05) is 39.1 Å². The Morgan fingerprint density at radius 1 is 0.333 bits per heavy atom. The molecule has 224 valence electrons. The quantitative estimate of drug-likeness (QED) is 0.192. The predicted molar refractivity (Wildman–Crippen MR) is 203 cm³/mol. The summed E-state index contributed by atoms with van der Waals surface area (Å²) in [4.78, 5) is 2.31. The van der Waals surface area contributed by atoms with Crippen molar-refractivity contribution in [1.29, 1.82) is 0 Å². The molecule has 0 saturated carbocycles. The van der Waals surface area contributed by atoms with Crippen LogP contribution >= 0.6 is 0 Å². The number of rotatable bonds is 4. The Kier molecular flexibility index (Phi) is 5.91. The number of hydrogen-bond acceptors (Lipinski definition) is 1. The van der Waals surface area contributed by atoms with Gasteiger partial charge in [0.25, 0.3) is 0 Å². The van der Waals surface area contributed by atoms with Crippen LogP contribution in [-0.4, -0.2) is 4.57 Å². The molecule has 0 N–H and O–H groups in total. The van der Waals surface area contributed by atoms with E-state index in [0.29, 0.717) is 0 Å². The van der Waals surface area contributed by atoms with Gasteiger partial charge >= 0.3 is 0 Å². The summed E-state index contributed by atoms with van der Waals surface area (Å²) >= 11 is 0. The zero-order chi connectivity index (χ0) is 31.6. The molecule has 2 heteroatoms. The van der Waals surface area contributed by atoms with Gasteiger partial charge in [0.15, 0.2) is 0 Å². The summed E-state index contributed by atoms with van der Waals surface area (Å²) in [6.07, 6.45) is 0. The van der Waals surface area contributed by atoms with Crippen molar-refractivity contribution >= 4 is 49.6 Å². The third-order valence-electron chi connectivity index (χ3n) is 9.91. The molecule has 0 bridgehead atoms. The first-order valence-electron chi connectivity index (χ1n) is 16.5. The third kappa shape index (κ3) is 3.93. The van der Waals surface area contributed by atoms with E-state index in [4.69, 9.17) is 0 Å². The van der Waals surface area contributed by atoms with Gasteiger partial charge in [0.05, 0.1) is 11.0 Å². The standard InChI is InChI=1S/C46H30N2/c1-3-15-32(16-4-1)47(33-17-5-2-6-18-33)34-25-27-35(28-26-34)48-42-24-10-9-21-41(42)46-43(48)30-29-40-39-23-12-14-31-13-11-22-37(44(31)39)36-19-7-8-20-38(36)45(40)46/h1-30H. The minimum Gasteiger partial charge on any atom is -0.311 e. The summed E-state index contributed by atoms with van der Waals surface area (Å²) < 4.78 is 2.44. The average Bonchev–Trinajstić information content (AvgIpc) is 3.43. The Hall–Kier alpha value is -6.38. The molecule has 0 saturated heterocycles. The second-order valence-electron chi connectivity index (χ2n) is 12.5. The molecule has 1 heterocycles. The van der Waals surface area contributed by atoms with E-state index in [-0.39, 0.29) is 0 Å². The molecule has 1 aliphatic carbocycles. The van der Waals surface area contributed by atoms with Gasteiger partial charge in [-0.05, 0) is 99.3 Å². The van der Waals surface area contributed by atoms with Crippen molar-refractivity contribution in [3.05, 3.63) is 182 Å². The van der Waals surface area contributed by atoms with Crippen LogP contribution in [0, 0.1) is 0 Å². The van der Waals surface area contributed by atoms with E-state index in [1.165, 1.54) is 66.0 Å². The van der Waals surface area contributed by atoms with Crippen molar-refractivity contribution in [2.75, 3.05) is 4.90 Å². The van der Waals surface area contributed by atoms with Crippen molar-refractivity contribution in [3.63, 3.8) is 0 Å². The molecule has 0 amide bonds. The Labute approximate surface area is 279 Å². The van der Waals surface area contributed by atoms with E-state index in [0.717, 1.165) is 22.7 Å². The maximum absolute atomic E-state index is 2.44. The van der Waals surface area contributed by atoms with Crippen molar-refractivity contribution in [3.8, 4) is 39.1 Å². The van der Waals surface area contributed by atoms with Crippen LogP contribution in [-0.2, 0) is 0 Å². The number of hydrogen-bond donors (Lipinski definition) is 0. The van der Waals surface area contributed by atoms with Crippen LogP contribution < -0.4 is 4.90 Å². The minimum atomic E-state index is 1.12. The minimum absolute atomic E-state index is 1.12. The number of fused-ring (bicyclic) bond motifs is 9. The molecule has 0 aliphatic heterocycles. The molecular weight excluding hydrogens is 581 g/mol. The maximum atomic E-state index is 2.44. The van der Waals surface area contributed by atoms with Crippen LogP contribution in [0.25, 0.3) is 71.6 Å². The maximum Gasteiger partial charge on any atom is 0.0547 e. The van der Waals surface area contributed by atoms with Gasteiger partial charge in [-0.3, -0.25) is 0 Å². The van der Waals surface area contributed by atoms with E-state index in [9.17, 15) is 0 Å². The Bertz CT molecular complexity index is 2600. The monoisotopic (exact) mass is 610 g/mol. The van der Waals surface area contributed by atoms with Gasteiger partial charge in [0.2, 0.25) is 0 Å². The first-order valence-corrected chi connectivity index (χ1v) is 16.5. The average molecular weight is 611 g/mol. The highest BCUT2D eigenvalue weighted by atomic mass is 15.1. The number of aromatic nitrogens is 1. The topological polar surface area (TPSA) is 8.17 Å². The van der Waals surface area contributed by atoms with Crippen molar-refractivity contribution in [1.82, 2.24) is 4.57 Å². The largest absolute Gasteiger partial charge is 0.311 e. The lowest BCUT2D eigenvalue weighted by molar-refractivity contribution is 1.17. The normalized spacial score (nSPS) is 11.8. The molecule has 2 nitrogen and oxygen atoms in total. The fourth-order valence-corrected chi connectivity index (χ4v) is 7.92. The van der Waals surface area contributed by atoms with E-state index in [1.54, 1.807) is 0 Å². The van der Waals surface area contributed by atoms with Gasteiger partial charge in [-0.1, -0.05) is 121 Å². The van der Waals surface area contributed by atoms with Crippen LogP contribution in [0.1, 0.15) is 0 Å². The molecule has 0 spiro atoms. The van der Waals surface area contributed by atoms with E-state index >= 15 is 0 Å². The molecule has 10 rings (SSSR count). The number of para-hydroxylation sites is 3. The first kappa shape index (κ1) is 26.8. The zero-order valence-electron chi connectivity index (χ0n) is 26.2. The van der Waals surface area contributed by atoms with Crippen LogP contribution in [0.5, 0.6) is 0 Å². The lowest BCUT2D eigenvalue weighted by Gasteiger charge is -2.25. The molecule has 0 atom stereocenters. The van der Waals surface area contributed by atoms with Crippen molar-refractivity contribution < 1.29 is 0 Å². The Morgan fingerprint density at radius 3 is 1.60 bits per heavy atom. The molecule has 0 fully saturated rings. The first-order chi connectivity index (χ1) is 23.8. The molecule has 8 aromatic carbocycles. The van der Waals surface area contributed by atoms with Crippen LogP contribution in [0.3, 0.4) is 0 Å². The summed E-state index contributed by atoms with van der Waals surface area (Å²) in [7, 11) is 0. The van der Waals surface area contributed by atoms with E-state index in [2.05, 4.69) is 191 Å². The molecule has 9 aromatic rings. The molecule has 1 aromatic heterocycles. The highest BCUT2D eigenvalue weighted by Gasteiger charge is 2.26. The SMILES string of the molecule is c1ccc(N(c2ccccc2)c2ccc(-n3c4ccccc4c4c5c(ccc43)-c3cccc4cccc(c34)-c3ccccc3-5)cc2)cc1. The second-order valence-corrected chi connectivity index (χ2v) is 12.5. The van der Waals surface area contributed by atoms with Crippen molar-refractivity contribution in [2.45, 2.75) is 0 Å². The molecule has 0 unspecified atom stereocenters. The highest BCUT2D eigenvalue weighted by molar-refractivity contribution is 6.23. The smallest absolute Gasteiger partial charge is 0.0547 e. The lowest BCUT2D eigenvalue weighted by Crippen LogP contribution is -2.09.